The largest absolute Gasteiger partial charge is 0.497 e. The summed E-state index contributed by atoms with van der Waals surface area (Å²) in [5, 5.41) is 1.72. The number of methoxy groups -OCH3 is 1. The lowest BCUT2D eigenvalue weighted by Crippen LogP contribution is -2.47. The molecule has 0 unspecified atom stereocenters. The van der Waals surface area contributed by atoms with E-state index in [1.165, 1.54) is 19.2 Å². The van der Waals surface area contributed by atoms with Crippen molar-refractivity contribution in [1.29, 1.82) is 0 Å². The Bertz CT molecular complexity index is 1640. The van der Waals surface area contributed by atoms with Crippen LogP contribution in [-0.2, 0) is 14.8 Å². The summed E-state index contributed by atoms with van der Waals surface area (Å²) >= 11 is 0. The molecule has 8 nitrogen and oxygen atoms in total. The van der Waals surface area contributed by atoms with Crippen LogP contribution in [0, 0.1) is 19.8 Å². The number of ether oxygens (including phenoxy) is 2. The predicted octanol–water partition coefficient (Wildman–Crippen LogP) is 4.87. The summed E-state index contributed by atoms with van der Waals surface area (Å²) in [6.07, 6.45) is 0.539. The molecule has 0 aliphatic rings. The van der Waals surface area contributed by atoms with Gasteiger partial charge in [-0.1, -0.05) is 38.0 Å². The van der Waals surface area contributed by atoms with Gasteiger partial charge in [0.15, 0.2) is 0 Å². The number of sulfonamides is 1. The minimum atomic E-state index is -3.97. The van der Waals surface area contributed by atoms with Gasteiger partial charge in [-0.15, -0.1) is 0 Å². The van der Waals surface area contributed by atoms with Crippen LogP contribution in [0.1, 0.15) is 31.4 Å². The van der Waals surface area contributed by atoms with E-state index in [0.717, 1.165) is 5.56 Å². The number of nitrogens with one attached hydrogen (secondary N) is 1. The first kappa shape index (κ1) is 26.4. The van der Waals surface area contributed by atoms with Crippen molar-refractivity contribution in [2.24, 2.45) is 5.92 Å². The average Bonchev–Trinajstić information content (AvgIpc) is 2.89. The van der Waals surface area contributed by atoms with E-state index < -0.39 is 27.7 Å². The summed E-state index contributed by atoms with van der Waals surface area (Å²) < 4.78 is 45.0. The zero-order valence-electron chi connectivity index (χ0n) is 21.3. The Hall–Kier alpha value is -3.69. The van der Waals surface area contributed by atoms with Crippen LogP contribution in [0.2, 0.25) is 0 Å². The van der Waals surface area contributed by atoms with Crippen molar-refractivity contribution >= 4 is 37.7 Å². The molecule has 0 saturated heterocycles. The highest BCUT2D eigenvalue weighted by molar-refractivity contribution is 7.89. The number of carbonyl (C=O) groups excluding carboxylic acids is 1. The van der Waals surface area contributed by atoms with Crippen LogP contribution in [0.3, 0.4) is 0 Å². The van der Waals surface area contributed by atoms with E-state index in [-0.39, 0.29) is 22.1 Å². The monoisotopic (exact) mass is 523 g/mol. The first-order valence-corrected chi connectivity index (χ1v) is 13.4. The lowest BCUT2D eigenvalue weighted by atomic mass is 10.0. The number of aryl methyl sites for hydroxylation is 2. The molecule has 3 aromatic carbocycles. The van der Waals surface area contributed by atoms with Crippen molar-refractivity contribution in [2.45, 2.75) is 45.1 Å². The van der Waals surface area contributed by atoms with E-state index in [9.17, 15) is 18.0 Å². The van der Waals surface area contributed by atoms with Gasteiger partial charge in [-0.3, -0.25) is 0 Å². The Morgan fingerprint density at radius 2 is 1.68 bits per heavy atom. The topological polar surface area (TPSA) is 112 Å². The van der Waals surface area contributed by atoms with Crippen molar-refractivity contribution in [1.82, 2.24) is 4.72 Å². The first-order chi connectivity index (χ1) is 17.6. The van der Waals surface area contributed by atoms with Crippen LogP contribution >= 0.6 is 0 Å². The van der Waals surface area contributed by atoms with Crippen LogP contribution in [0.25, 0.3) is 21.7 Å². The van der Waals surface area contributed by atoms with Gasteiger partial charge in [0.1, 0.15) is 23.1 Å². The number of fused-ring (bicyclic) bond motifs is 3. The maximum absolute atomic E-state index is 13.3. The van der Waals surface area contributed by atoms with Gasteiger partial charge >= 0.3 is 11.6 Å². The third-order valence-electron chi connectivity index (χ3n) is 6.58. The van der Waals surface area contributed by atoms with E-state index in [4.69, 9.17) is 13.9 Å². The molecule has 0 aliphatic heterocycles. The van der Waals surface area contributed by atoms with Crippen molar-refractivity contribution in [3.05, 3.63) is 76.1 Å². The van der Waals surface area contributed by atoms with E-state index in [0.29, 0.717) is 33.9 Å². The normalized spacial score (nSPS) is 13.4. The first-order valence-electron chi connectivity index (χ1n) is 11.9. The van der Waals surface area contributed by atoms with Gasteiger partial charge in [0.25, 0.3) is 0 Å². The number of rotatable bonds is 8. The highest BCUT2D eigenvalue weighted by Crippen LogP contribution is 2.32. The number of carbonyl (C=O) groups is 1. The molecule has 194 valence electrons. The molecule has 1 N–H and O–H groups in total. The fourth-order valence-electron chi connectivity index (χ4n) is 4.09. The van der Waals surface area contributed by atoms with Gasteiger partial charge in [0.05, 0.1) is 17.4 Å². The summed E-state index contributed by atoms with van der Waals surface area (Å²) in [7, 11) is -2.45. The van der Waals surface area contributed by atoms with Crippen molar-refractivity contribution in [3.63, 3.8) is 0 Å². The van der Waals surface area contributed by atoms with E-state index >= 15 is 0 Å². The molecule has 2 atom stereocenters. The Morgan fingerprint density at radius 3 is 2.32 bits per heavy atom. The van der Waals surface area contributed by atoms with Gasteiger partial charge in [-0.05, 0) is 62.2 Å². The smallest absolute Gasteiger partial charge is 0.344 e. The number of benzene rings is 3. The van der Waals surface area contributed by atoms with Gasteiger partial charge in [0.2, 0.25) is 10.0 Å². The molecule has 0 radical (unpaired) electrons. The number of hydrogen-bond acceptors (Lipinski definition) is 7. The lowest BCUT2D eigenvalue weighted by Gasteiger charge is -2.23. The second-order valence-corrected chi connectivity index (χ2v) is 10.8. The van der Waals surface area contributed by atoms with Crippen molar-refractivity contribution in [3.8, 4) is 11.5 Å². The quantitative estimate of drug-likeness (QED) is 0.152. The minimum absolute atomic E-state index is 0.0615. The van der Waals surface area contributed by atoms with Crippen LogP contribution in [-0.4, -0.2) is 27.5 Å². The molecule has 4 aromatic rings. The van der Waals surface area contributed by atoms with Crippen LogP contribution in [0.15, 0.2) is 68.7 Å². The molecule has 0 spiro atoms. The Kier molecular flexibility index (Phi) is 7.38. The maximum atomic E-state index is 13.3. The molecule has 1 heterocycles. The SMILES string of the molecule is CC[C@@H](C)[C@@H](NS(=O)(=O)c1ccc(C)cc1)C(=O)Oc1ccc2c(oc(=O)c3cc(OC)ccc32)c1C. The van der Waals surface area contributed by atoms with Crippen LogP contribution in [0.4, 0.5) is 0 Å². The molecule has 0 saturated carbocycles. The molecule has 9 heteroatoms. The third-order valence-corrected chi connectivity index (χ3v) is 8.04. The number of esters is 1. The molecule has 37 heavy (non-hydrogen) atoms. The number of hydrogen-bond donors (Lipinski definition) is 1. The average molecular weight is 524 g/mol. The zero-order chi connectivity index (χ0) is 26.9. The second-order valence-electron chi connectivity index (χ2n) is 9.09. The maximum Gasteiger partial charge on any atom is 0.344 e. The fraction of sp³-hybridized carbons (Fsp3) is 0.286. The highest BCUT2D eigenvalue weighted by Gasteiger charge is 2.32. The predicted molar refractivity (Wildman–Crippen MR) is 142 cm³/mol. The summed E-state index contributed by atoms with van der Waals surface area (Å²) in [4.78, 5) is 26.0. The Morgan fingerprint density at radius 1 is 1.00 bits per heavy atom. The standard InChI is InChI=1S/C28H29NO7S/c1-6-17(3)25(29-37(32,33)20-10-7-16(2)8-11-20)28(31)35-24-14-13-22-21-12-9-19(34-5)15-23(21)27(30)36-26(22)18(24)4/h7-15,17,25,29H,6H2,1-5H3/t17-,25-/m1/s1. The lowest BCUT2D eigenvalue weighted by molar-refractivity contribution is -0.137. The minimum Gasteiger partial charge on any atom is -0.497 e. The summed E-state index contributed by atoms with van der Waals surface area (Å²) in [6, 6.07) is 13.7. The zero-order valence-corrected chi connectivity index (χ0v) is 22.1. The van der Waals surface area contributed by atoms with Crippen molar-refractivity contribution < 1.29 is 27.1 Å². The highest BCUT2D eigenvalue weighted by atomic mass is 32.2. The summed E-state index contributed by atoms with van der Waals surface area (Å²) in [6.45, 7) is 7.17. The summed E-state index contributed by atoms with van der Waals surface area (Å²) in [5.41, 5.74) is 1.11. The van der Waals surface area contributed by atoms with Crippen molar-refractivity contribution in [2.75, 3.05) is 7.11 Å². The molecule has 4 rings (SSSR count). The molecule has 0 fully saturated rings. The van der Waals surface area contributed by atoms with E-state index in [1.54, 1.807) is 56.3 Å². The molecule has 0 amide bonds. The summed E-state index contributed by atoms with van der Waals surface area (Å²) in [5.74, 6) is -0.382. The Labute approximate surface area is 215 Å². The van der Waals surface area contributed by atoms with Gasteiger partial charge < -0.3 is 13.9 Å². The van der Waals surface area contributed by atoms with Gasteiger partial charge in [0, 0.05) is 16.3 Å². The molecular weight excluding hydrogens is 494 g/mol. The van der Waals surface area contributed by atoms with E-state index in [1.807, 2.05) is 13.8 Å². The molecule has 0 bridgehead atoms. The fourth-order valence-corrected chi connectivity index (χ4v) is 5.38. The Balaban J connectivity index is 1.68. The molecule has 0 aliphatic carbocycles. The van der Waals surface area contributed by atoms with Gasteiger partial charge in [-0.25, -0.2) is 18.0 Å². The molecule has 1 aromatic heterocycles. The van der Waals surface area contributed by atoms with Crippen LogP contribution < -0.4 is 19.8 Å². The van der Waals surface area contributed by atoms with Gasteiger partial charge in [-0.2, -0.15) is 4.72 Å². The van der Waals surface area contributed by atoms with Crippen LogP contribution in [0.5, 0.6) is 11.5 Å². The second kappa shape index (κ2) is 10.4. The third kappa shape index (κ3) is 5.23. The van der Waals surface area contributed by atoms with E-state index in [2.05, 4.69) is 4.72 Å². The molecular formula is C28H29NO7S.